The smallest absolute Gasteiger partial charge is 0.0625 e. The highest BCUT2D eigenvalue weighted by molar-refractivity contribution is 5.07. The zero-order chi connectivity index (χ0) is 15.3. The fourth-order valence-electron chi connectivity index (χ4n) is 1.51. The lowest BCUT2D eigenvalue weighted by atomic mass is 9.84. The van der Waals surface area contributed by atoms with Gasteiger partial charge in [-0.05, 0) is 10.8 Å². The predicted molar refractivity (Wildman–Crippen MR) is 83.0 cm³/mol. The van der Waals surface area contributed by atoms with Gasteiger partial charge in [-0.1, -0.05) is 72.8 Å². The molecular weight excluding hydrogens is 236 g/mol. The van der Waals surface area contributed by atoms with Crippen LogP contribution in [0, 0.1) is 16.7 Å². The first-order chi connectivity index (χ1) is 8.43. The van der Waals surface area contributed by atoms with Crippen LogP contribution in [0.2, 0.25) is 0 Å². The zero-order valence-corrected chi connectivity index (χ0v) is 13.6. The highest BCUT2D eigenvalue weighted by atomic mass is 16.3. The van der Waals surface area contributed by atoms with Crippen molar-refractivity contribution in [1.82, 2.24) is 0 Å². The fourth-order valence-corrected chi connectivity index (χ4v) is 1.51. The van der Waals surface area contributed by atoms with E-state index in [1.54, 1.807) is 0 Å². The summed E-state index contributed by atoms with van der Waals surface area (Å²) >= 11 is 0. The largest absolute Gasteiger partial charge is 0.392 e. The number of aliphatic hydroxyl groups excluding tert-OH is 2. The summed E-state index contributed by atoms with van der Waals surface area (Å²) in [5, 5.41) is 20.1. The van der Waals surface area contributed by atoms with Crippen molar-refractivity contribution in [3.8, 4) is 0 Å². The average molecular weight is 268 g/mol. The second-order valence-corrected chi connectivity index (χ2v) is 7.65. The van der Waals surface area contributed by atoms with Gasteiger partial charge >= 0.3 is 0 Å². The molecule has 0 aliphatic heterocycles. The minimum atomic E-state index is -0.506. The van der Waals surface area contributed by atoms with Crippen molar-refractivity contribution in [3.05, 3.63) is 24.3 Å². The molecule has 0 saturated heterocycles. The third-order valence-electron chi connectivity index (χ3n) is 3.19. The lowest BCUT2D eigenvalue weighted by Crippen LogP contribution is -2.32. The van der Waals surface area contributed by atoms with Crippen molar-refractivity contribution < 1.29 is 10.2 Å². The Labute approximate surface area is 119 Å². The SMILES string of the molecule is C[C@@H](/C=C/C=C\C(C)(C)C)[C@@H](O)C[C@H](O)C(C)(C)C. The number of allylic oxidation sites excluding steroid dienone is 3. The average Bonchev–Trinajstić information content (AvgIpc) is 2.21. The summed E-state index contributed by atoms with van der Waals surface area (Å²) in [6.45, 7) is 14.4. The summed E-state index contributed by atoms with van der Waals surface area (Å²) in [5.41, 5.74) is -0.00876. The Bertz CT molecular complexity index is 302. The molecule has 2 N–H and O–H groups in total. The minimum absolute atomic E-state index is 0.0432. The molecule has 0 saturated carbocycles. The second-order valence-electron chi connectivity index (χ2n) is 7.65. The molecule has 0 rings (SSSR count). The Morgan fingerprint density at radius 3 is 1.89 bits per heavy atom. The molecule has 0 aliphatic carbocycles. The van der Waals surface area contributed by atoms with Crippen molar-refractivity contribution in [2.75, 3.05) is 0 Å². The quantitative estimate of drug-likeness (QED) is 0.741. The zero-order valence-electron chi connectivity index (χ0n) is 13.6. The third-order valence-corrected chi connectivity index (χ3v) is 3.19. The Balaban J connectivity index is 4.32. The third kappa shape index (κ3) is 9.01. The van der Waals surface area contributed by atoms with E-state index in [0.29, 0.717) is 6.42 Å². The van der Waals surface area contributed by atoms with Crippen molar-refractivity contribution in [2.45, 2.75) is 67.1 Å². The van der Waals surface area contributed by atoms with Crippen molar-refractivity contribution in [1.29, 1.82) is 0 Å². The van der Waals surface area contributed by atoms with E-state index in [2.05, 4.69) is 26.8 Å². The van der Waals surface area contributed by atoms with Crippen LogP contribution in [0.5, 0.6) is 0 Å². The van der Waals surface area contributed by atoms with Gasteiger partial charge in [-0.15, -0.1) is 0 Å². The van der Waals surface area contributed by atoms with E-state index in [1.165, 1.54) is 0 Å². The summed E-state index contributed by atoms with van der Waals surface area (Å²) in [7, 11) is 0. The minimum Gasteiger partial charge on any atom is -0.392 e. The van der Waals surface area contributed by atoms with Crippen molar-refractivity contribution >= 4 is 0 Å². The summed E-state index contributed by atoms with van der Waals surface area (Å²) in [4.78, 5) is 0. The van der Waals surface area contributed by atoms with E-state index in [9.17, 15) is 10.2 Å². The monoisotopic (exact) mass is 268 g/mol. The number of rotatable bonds is 5. The van der Waals surface area contributed by atoms with Crippen LogP contribution >= 0.6 is 0 Å². The van der Waals surface area contributed by atoms with Crippen LogP contribution in [0.4, 0.5) is 0 Å². The first-order valence-electron chi connectivity index (χ1n) is 7.15. The molecule has 0 aromatic heterocycles. The molecule has 0 bridgehead atoms. The molecule has 0 aliphatic rings. The lowest BCUT2D eigenvalue weighted by molar-refractivity contribution is 0.00336. The van der Waals surface area contributed by atoms with Gasteiger partial charge < -0.3 is 10.2 Å². The van der Waals surface area contributed by atoms with Gasteiger partial charge in [-0.3, -0.25) is 0 Å². The van der Waals surface area contributed by atoms with Crippen LogP contribution in [-0.4, -0.2) is 22.4 Å². The van der Waals surface area contributed by atoms with Crippen LogP contribution in [0.1, 0.15) is 54.9 Å². The van der Waals surface area contributed by atoms with E-state index >= 15 is 0 Å². The predicted octanol–water partition coefficient (Wildman–Crippen LogP) is 3.94. The maximum absolute atomic E-state index is 10.1. The van der Waals surface area contributed by atoms with Crippen LogP contribution in [-0.2, 0) is 0 Å². The van der Waals surface area contributed by atoms with Gasteiger partial charge in [0.15, 0.2) is 0 Å². The van der Waals surface area contributed by atoms with Crippen LogP contribution in [0.3, 0.4) is 0 Å². The Morgan fingerprint density at radius 1 is 0.947 bits per heavy atom. The van der Waals surface area contributed by atoms with E-state index < -0.39 is 12.2 Å². The normalized spacial score (nSPS) is 19.0. The van der Waals surface area contributed by atoms with Gasteiger partial charge in [0.2, 0.25) is 0 Å². The number of hydrogen-bond acceptors (Lipinski definition) is 2. The standard InChI is InChI=1S/C17H32O2/c1-13(10-8-9-11-16(2,3)4)14(18)12-15(19)17(5,6)7/h8-11,13-15,18-19H,12H2,1-7H3/b10-8+,11-9-/t13-,14-,15-/m0/s1. The molecule has 0 spiro atoms. The Kier molecular flexibility index (Phi) is 7.02. The van der Waals surface area contributed by atoms with Crippen LogP contribution in [0.25, 0.3) is 0 Å². The summed E-state index contributed by atoms with van der Waals surface area (Å²) in [6, 6.07) is 0. The van der Waals surface area contributed by atoms with Gasteiger partial charge in [0.1, 0.15) is 0 Å². The second kappa shape index (κ2) is 7.25. The fraction of sp³-hybridized carbons (Fsp3) is 0.765. The number of aliphatic hydroxyl groups is 2. The van der Waals surface area contributed by atoms with Gasteiger partial charge in [0.05, 0.1) is 12.2 Å². The highest BCUT2D eigenvalue weighted by Crippen LogP contribution is 2.24. The van der Waals surface area contributed by atoms with E-state index in [1.807, 2.05) is 45.9 Å². The topological polar surface area (TPSA) is 40.5 Å². The molecule has 2 nitrogen and oxygen atoms in total. The first-order valence-corrected chi connectivity index (χ1v) is 7.15. The van der Waals surface area contributed by atoms with Gasteiger partial charge in [-0.25, -0.2) is 0 Å². The molecule has 2 heteroatoms. The lowest BCUT2D eigenvalue weighted by Gasteiger charge is -2.29. The first kappa shape index (κ1) is 18.4. The molecule has 0 radical (unpaired) electrons. The molecule has 0 fully saturated rings. The molecule has 0 aromatic rings. The molecule has 0 aromatic carbocycles. The maximum atomic E-state index is 10.1. The van der Waals surface area contributed by atoms with Gasteiger partial charge in [0.25, 0.3) is 0 Å². The van der Waals surface area contributed by atoms with Crippen LogP contribution < -0.4 is 0 Å². The molecular formula is C17H32O2. The number of hydrogen-bond donors (Lipinski definition) is 2. The summed E-state index contributed by atoms with van der Waals surface area (Å²) in [5.74, 6) is 0.0432. The Hall–Kier alpha value is -0.600. The maximum Gasteiger partial charge on any atom is 0.0625 e. The molecule has 19 heavy (non-hydrogen) atoms. The summed E-state index contributed by atoms with van der Waals surface area (Å²) in [6.07, 6.45) is 7.54. The highest BCUT2D eigenvalue weighted by Gasteiger charge is 2.26. The van der Waals surface area contributed by atoms with Crippen molar-refractivity contribution in [2.24, 2.45) is 16.7 Å². The van der Waals surface area contributed by atoms with Crippen molar-refractivity contribution in [3.63, 3.8) is 0 Å². The Morgan fingerprint density at radius 2 is 1.47 bits per heavy atom. The van der Waals surface area contributed by atoms with E-state index in [4.69, 9.17) is 0 Å². The molecule has 112 valence electrons. The summed E-state index contributed by atoms with van der Waals surface area (Å²) < 4.78 is 0. The molecule has 0 heterocycles. The van der Waals surface area contributed by atoms with E-state index in [0.717, 1.165) is 0 Å². The van der Waals surface area contributed by atoms with E-state index in [-0.39, 0.29) is 16.7 Å². The van der Waals surface area contributed by atoms with Gasteiger partial charge in [-0.2, -0.15) is 0 Å². The molecule has 0 amide bonds. The molecule has 3 atom stereocenters. The van der Waals surface area contributed by atoms with Gasteiger partial charge in [0, 0.05) is 12.3 Å². The van der Waals surface area contributed by atoms with Crippen LogP contribution in [0.15, 0.2) is 24.3 Å². The molecule has 0 unspecified atom stereocenters.